The maximum atomic E-state index is 4.28. The SMILES string of the molecule is C[N+](C)=N/C=C/c1c(-c2ccccc2)[nH]c2ccccc12.[Cl-]. The molecule has 0 spiro atoms. The smallest absolute Gasteiger partial charge is 0.158 e. The summed E-state index contributed by atoms with van der Waals surface area (Å²) in [4.78, 5) is 3.51. The summed E-state index contributed by atoms with van der Waals surface area (Å²) in [6.07, 6.45) is 3.89. The lowest BCUT2D eigenvalue weighted by molar-refractivity contribution is -0.533. The minimum atomic E-state index is 0. The lowest BCUT2D eigenvalue weighted by atomic mass is 10.1. The highest BCUT2D eigenvalue weighted by atomic mass is 35.5. The van der Waals surface area contributed by atoms with E-state index in [0.29, 0.717) is 0 Å². The second kappa shape index (κ2) is 7.05. The first kappa shape index (κ1) is 16.0. The van der Waals surface area contributed by atoms with E-state index in [1.807, 2.05) is 32.4 Å². The zero-order valence-corrected chi connectivity index (χ0v) is 13.4. The molecule has 1 heterocycles. The molecule has 3 rings (SSSR count). The summed E-state index contributed by atoms with van der Waals surface area (Å²) in [5.74, 6) is 0. The number of hydrogen-bond acceptors (Lipinski definition) is 1. The molecular formula is C18H18ClN3. The molecule has 0 radical (unpaired) electrons. The summed E-state index contributed by atoms with van der Waals surface area (Å²) < 4.78 is 1.79. The largest absolute Gasteiger partial charge is 1.00 e. The number of nitrogens with one attached hydrogen (secondary N) is 1. The van der Waals surface area contributed by atoms with Crippen molar-refractivity contribution in [1.29, 1.82) is 0 Å². The van der Waals surface area contributed by atoms with Gasteiger partial charge in [-0.15, -0.1) is 4.70 Å². The predicted octanol–water partition coefficient (Wildman–Crippen LogP) is 1.53. The van der Waals surface area contributed by atoms with Gasteiger partial charge < -0.3 is 17.4 Å². The fourth-order valence-corrected chi connectivity index (χ4v) is 2.41. The van der Waals surface area contributed by atoms with Crippen LogP contribution in [0.25, 0.3) is 28.2 Å². The molecule has 3 nitrogen and oxygen atoms in total. The number of aromatic nitrogens is 1. The van der Waals surface area contributed by atoms with Crippen LogP contribution in [0.3, 0.4) is 0 Å². The van der Waals surface area contributed by atoms with Crippen molar-refractivity contribution in [1.82, 2.24) is 4.98 Å². The second-order valence-electron chi connectivity index (χ2n) is 5.10. The van der Waals surface area contributed by atoms with Crippen molar-refractivity contribution < 1.29 is 17.1 Å². The highest BCUT2D eigenvalue weighted by molar-refractivity contribution is 5.96. The summed E-state index contributed by atoms with van der Waals surface area (Å²) in [6, 6.07) is 18.7. The van der Waals surface area contributed by atoms with Gasteiger partial charge in [-0.2, -0.15) is 0 Å². The summed E-state index contributed by atoms with van der Waals surface area (Å²) in [5, 5.41) is 5.49. The Balaban J connectivity index is 0.00000176. The minimum absolute atomic E-state index is 0. The van der Waals surface area contributed by atoms with Crippen molar-refractivity contribution in [3.8, 4) is 11.3 Å². The van der Waals surface area contributed by atoms with Crippen molar-refractivity contribution >= 4 is 17.0 Å². The molecule has 0 aliphatic carbocycles. The van der Waals surface area contributed by atoms with Gasteiger partial charge in [0.2, 0.25) is 0 Å². The fourth-order valence-electron chi connectivity index (χ4n) is 2.41. The third kappa shape index (κ3) is 3.26. The van der Waals surface area contributed by atoms with Crippen molar-refractivity contribution in [2.75, 3.05) is 14.1 Å². The van der Waals surface area contributed by atoms with E-state index < -0.39 is 0 Å². The van der Waals surface area contributed by atoms with Crippen LogP contribution in [0.5, 0.6) is 0 Å². The monoisotopic (exact) mass is 311 g/mol. The molecule has 112 valence electrons. The molecule has 0 atom stereocenters. The minimum Gasteiger partial charge on any atom is -1.00 e. The molecule has 0 fully saturated rings. The van der Waals surface area contributed by atoms with E-state index in [1.165, 1.54) is 16.5 Å². The zero-order valence-electron chi connectivity index (χ0n) is 12.6. The summed E-state index contributed by atoms with van der Waals surface area (Å²) >= 11 is 0. The molecule has 4 heteroatoms. The first-order chi connectivity index (χ1) is 10.3. The molecule has 0 aliphatic heterocycles. The third-order valence-corrected chi connectivity index (χ3v) is 3.35. The molecular weight excluding hydrogens is 294 g/mol. The van der Waals surface area contributed by atoms with E-state index in [0.717, 1.165) is 11.2 Å². The number of para-hydroxylation sites is 1. The van der Waals surface area contributed by atoms with E-state index in [4.69, 9.17) is 0 Å². The number of H-pyrrole nitrogens is 1. The topological polar surface area (TPSA) is 31.2 Å². The summed E-state index contributed by atoms with van der Waals surface area (Å²) in [7, 11) is 3.83. The van der Waals surface area contributed by atoms with Gasteiger partial charge in [-0.25, -0.2) is 0 Å². The van der Waals surface area contributed by atoms with E-state index in [1.54, 1.807) is 4.70 Å². The van der Waals surface area contributed by atoms with Gasteiger partial charge in [0, 0.05) is 16.5 Å². The van der Waals surface area contributed by atoms with Crippen LogP contribution < -0.4 is 12.4 Å². The Hall–Kier alpha value is -2.39. The molecule has 0 amide bonds. The number of halogens is 1. The normalized spacial score (nSPS) is 10.6. The number of fused-ring (bicyclic) bond motifs is 1. The van der Waals surface area contributed by atoms with Crippen LogP contribution >= 0.6 is 0 Å². The van der Waals surface area contributed by atoms with Gasteiger partial charge in [0.25, 0.3) is 0 Å². The highest BCUT2D eigenvalue weighted by Crippen LogP contribution is 2.31. The molecule has 0 unspecified atom stereocenters. The number of nitrogens with zero attached hydrogens (tertiary/aromatic N) is 2. The molecule has 1 N–H and O–H groups in total. The van der Waals surface area contributed by atoms with Crippen molar-refractivity contribution in [3.05, 3.63) is 66.4 Å². The van der Waals surface area contributed by atoms with E-state index in [9.17, 15) is 0 Å². The Morgan fingerprint density at radius 2 is 1.64 bits per heavy atom. The zero-order chi connectivity index (χ0) is 14.7. The van der Waals surface area contributed by atoms with Crippen LogP contribution in [0.15, 0.2) is 65.9 Å². The first-order valence-corrected chi connectivity index (χ1v) is 6.96. The van der Waals surface area contributed by atoms with Gasteiger partial charge in [0.15, 0.2) is 14.1 Å². The third-order valence-electron chi connectivity index (χ3n) is 3.35. The van der Waals surface area contributed by atoms with Gasteiger partial charge in [-0.3, -0.25) is 0 Å². The molecule has 1 aromatic heterocycles. The quantitative estimate of drug-likeness (QED) is 0.562. The van der Waals surface area contributed by atoms with Crippen LogP contribution in [0.1, 0.15) is 5.56 Å². The van der Waals surface area contributed by atoms with E-state index >= 15 is 0 Å². The van der Waals surface area contributed by atoms with Gasteiger partial charge in [0.1, 0.15) is 0 Å². The fraction of sp³-hybridized carbons (Fsp3) is 0.111. The number of benzene rings is 2. The van der Waals surface area contributed by atoms with Crippen molar-refractivity contribution in [2.45, 2.75) is 0 Å². The average Bonchev–Trinajstić information content (AvgIpc) is 2.87. The van der Waals surface area contributed by atoms with Crippen LogP contribution in [0, 0.1) is 0 Å². The lowest BCUT2D eigenvalue weighted by Gasteiger charge is -2.00. The predicted molar refractivity (Wildman–Crippen MR) is 87.3 cm³/mol. The van der Waals surface area contributed by atoms with Gasteiger partial charge in [-0.1, -0.05) is 48.5 Å². The van der Waals surface area contributed by atoms with Crippen LogP contribution in [0.2, 0.25) is 0 Å². The first-order valence-electron chi connectivity index (χ1n) is 6.96. The molecule has 0 saturated heterocycles. The summed E-state index contributed by atoms with van der Waals surface area (Å²) in [6.45, 7) is 0. The number of aromatic amines is 1. The Kier molecular flexibility index (Phi) is 5.12. The van der Waals surface area contributed by atoms with Gasteiger partial charge >= 0.3 is 0 Å². The standard InChI is InChI=1S/C18H17N3.ClH/c1-21(2)19-13-12-16-15-10-6-7-11-17(15)20-18(16)14-8-4-3-5-9-14;/h3-13H,1-2H3;1H. The molecule has 22 heavy (non-hydrogen) atoms. The Morgan fingerprint density at radius 3 is 2.36 bits per heavy atom. The van der Waals surface area contributed by atoms with E-state index in [-0.39, 0.29) is 12.4 Å². The maximum absolute atomic E-state index is 4.28. The molecule has 3 aromatic rings. The number of hydrogen-bond donors (Lipinski definition) is 1. The molecule has 0 bridgehead atoms. The lowest BCUT2D eigenvalue weighted by Crippen LogP contribution is -3.00. The van der Waals surface area contributed by atoms with Crippen LogP contribution in [-0.2, 0) is 0 Å². The number of azo groups is 2. The maximum Gasteiger partial charge on any atom is 0.158 e. The Morgan fingerprint density at radius 1 is 0.955 bits per heavy atom. The average molecular weight is 312 g/mol. The Labute approximate surface area is 136 Å². The highest BCUT2D eigenvalue weighted by Gasteiger charge is 2.10. The second-order valence-corrected chi connectivity index (χ2v) is 5.10. The summed E-state index contributed by atoms with van der Waals surface area (Å²) in [5.41, 5.74) is 4.61. The van der Waals surface area contributed by atoms with Crippen LogP contribution in [0.4, 0.5) is 0 Å². The van der Waals surface area contributed by atoms with Gasteiger partial charge in [-0.05, 0) is 22.8 Å². The Bertz CT molecular complexity index is 813. The molecule has 0 saturated carbocycles. The molecule has 2 aromatic carbocycles. The van der Waals surface area contributed by atoms with Crippen molar-refractivity contribution in [3.63, 3.8) is 0 Å². The van der Waals surface area contributed by atoms with E-state index in [2.05, 4.69) is 58.6 Å². The van der Waals surface area contributed by atoms with Crippen LogP contribution in [-0.4, -0.2) is 23.8 Å². The van der Waals surface area contributed by atoms with Gasteiger partial charge in [0.05, 0.1) is 11.9 Å². The molecule has 0 aliphatic rings. The number of rotatable bonds is 3. The van der Waals surface area contributed by atoms with Crippen molar-refractivity contribution in [2.24, 2.45) is 5.11 Å².